The minimum atomic E-state index is -2.12. The van der Waals surface area contributed by atoms with Crippen LogP contribution in [0.5, 0.6) is 0 Å². The fourth-order valence-electron chi connectivity index (χ4n) is 0.818. The van der Waals surface area contributed by atoms with Gasteiger partial charge in [-0.3, -0.25) is 4.79 Å². The molecular formula is C5H6O3S. The molecule has 0 radical (unpaired) electrons. The summed E-state index contributed by atoms with van der Waals surface area (Å²) < 4.78 is 20.3. The summed E-state index contributed by atoms with van der Waals surface area (Å²) >= 11 is 0. The van der Waals surface area contributed by atoms with Gasteiger partial charge in [0.25, 0.3) is 0 Å². The highest BCUT2D eigenvalue weighted by Crippen LogP contribution is 2.09. The lowest BCUT2D eigenvalue weighted by Gasteiger charge is -1.76. The van der Waals surface area contributed by atoms with Crippen LogP contribution in [0.3, 0.4) is 0 Å². The lowest BCUT2D eigenvalue weighted by molar-refractivity contribution is -0.116. The first-order valence-corrected chi connectivity index (χ1v) is 3.73. The Balaban J connectivity index is 2.94. The van der Waals surface area contributed by atoms with E-state index in [4.69, 9.17) is 0 Å². The summed E-state index contributed by atoms with van der Waals surface area (Å²) in [7, 11) is -2.12. The molecule has 0 saturated heterocycles. The van der Waals surface area contributed by atoms with E-state index >= 15 is 0 Å². The molecule has 0 atom stereocenters. The van der Waals surface area contributed by atoms with E-state index in [1.54, 1.807) is 0 Å². The molecule has 50 valence electrons. The van der Waals surface area contributed by atoms with Crippen molar-refractivity contribution in [3.05, 3.63) is 0 Å². The van der Waals surface area contributed by atoms with E-state index in [-0.39, 0.29) is 12.2 Å². The van der Waals surface area contributed by atoms with E-state index in [9.17, 15) is 13.2 Å². The highest BCUT2D eigenvalue weighted by Gasteiger charge is 2.17. The number of hydrogen-bond donors (Lipinski definition) is 0. The molecule has 0 aromatic carbocycles. The van der Waals surface area contributed by atoms with Crippen LogP contribution >= 0.6 is 0 Å². The van der Waals surface area contributed by atoms with Crippen LogP contribution in [0.4, 0.5) is 0 Å². The molecule has 0 N–H and O–H groups in total. The van der Waals surface area contributed by atoms with Crippen LogP contribution in [-0.4, -0.2) is 19.1 Å². The van der Waals surface area contributed by atoms with E-state index in [0.717, 1.165) is 0 Å². The van der Waals surface area contributed by atoms with Gasteiger partial charge < -0.3 is 0 Å². The molecule has 0 spiro atoms. The Kier molecular flexibility index (Phi) is 1.66. The quantitative estimate of drug-likeness (QED) is 0.444. The predicted octanol–water partition coefficient (Wildman–Crippen LogP) is -0.209. The molecule has 1 saturated carbocycles. The number of Topliss-reactive ketones (excluding diaryl/α,β-unsaturated/α-hetero) is 1. The normalized spacial score (nSPS) is 18.7. The monoisotopic (exact) mass is 146 g/mol. The van der Waals surface area contributed by atoms with Gasteiger partial charge in [0.05, 0.1) is 4.86 Å². The van der Waals surface area contributed by atoms with Gasteiger partial charge in [-0.15, -0.1) is 0 Å². The molecule has 3 nitrogen and oxygen atoms in total. The van der Waals surface area contributed by atoms with Crippen molar-refractivity contribution in [1.82, 2.24) is 0 Å². The highest BCUT2D eigenvalue weighted by atomic mass is 32.2. The summed E-state index contributed by atoms with van der Waals surface area (Å²) in [5.41, 5.74) is 0. The molecule has 1 rings (SSSR count). The van der Waals surface area contributed by atoms with Gasteiger partial charge in [0.2, 0.25) is 10.3 Å². The molecule has 0 amide bonds. The van der Waals surface area contributed by atoms with Crippen molar-refractivity contribution in [3.8, 4) is 0 Å². The second kappa shape index (κ2) is 2.31. The first-order valence-electron chi connectivity index (χ1n) is 2.66. The third kappa shape index (κ3) is 1.38. The lowest BCUT2D eigenvalue weighted by Crippen LogP contribution is -1.92. The molecule has 0 aliphatic heterocycles. The summed E-state index contributed by atoms with van der Waals surface area (Å²) in [6.45, 7) is 0. The molecule has 0 unspecified atom stereocenters. The van der Waals surface area contributed by atoms with Crippen LogP contribution in [0, 0.1) is 0 Å². The molecular weight excluding hydrogens is 140 g/mol. The summed E-state index contributed by atoms with van der Waals surface area (Å²) in [5.74, 6) is 0.0363. The van der Waals surface area contributed by atoms with Crippen molar-refractivity contribution in [2.45, 2.75) is 19.3 Å². The van der Waals surface area contributed by atoms with Crippen molar-refractivity contribution >= 4 is 20.9 Å². The van der Waals surface area contributed by atoms with Crippen LogP contribution in [0.25, 0.3) is 0 Å². The maximum atomic E-state index is 10.5. The van der Waals surface area contributed by atoms with Crippen molar-refractivity contribution in [3.63, 3.8) is 0 Å². The number of ketones is 1. The van der Waals surface area contributed by atoms with Gasteiger partial charge in [-0.05, 0) is 6.42 Å². The predicted molar refractivity (Wildman–Crippen MR) is 32.8 cm³/mol. The van der Waals surface area contributed by atoms with Gasteiger partial charge in [0, 0.05) is 12.8 Å². The van der Waals surface area contributed by atoms with E-state index in [2.05, 4.69) is 0 Å². The Morgan fingerprint density at radius 3 is 2.11 bits per heavy atom. The maximum Gasteiger partial charge on any atom is 0.213 e. The zero-order valence-corrected chi connectivity index (χ0v) is 5.57. The van der Waals surface area contributed by atoms with E-state index in [1.807, 2.05) is 0 Å². The Bertz CT molecular complexity index is 252. The Hall–Kier alpha value is -0.640. The number of carbonyl (C=O) groups excluding carboxylic acids is 1. The zero-order chi connectivity index (χ0) is 6.85. The van der Waals surface area contributed by atoms with Crippen LogP contribution in [0.1, 0.15) is 19.3 Å². The van der Waals surface area contributed by atoms with Gasteiger partial charge in [0.1, 0.15) is 5.78 Å². The van der Waals surface area contributed by atoms with Crippen molar-refractivity contribution in [2.24, 2.45) is 0 Å². The van der Waals surface area contributed by atoms with Gasteiger partial charge in [-0.2, -0.15) is 8.42 Å². The average molecular weight is 146 g/mol. The lowest BCUT2D eigenvalue weighted by atomic mass is 10.4. The van der Waals surface area contributed by atoms with Crippen molar-refractivity contribution < 1.29 is 13.2 Å². The Labute approximate surface area is 54.2 Å². The summed E-state index contributed by atoms with van der Waals surface area (Å²) in [6.07, 6.45) is 0.994. The van der Waals surface area contributed by atoms with E-state index in [0.29, 0.717) is 17.7 Å². The molecule has 9 heavy (non-hydrogen) atoms. The average Bonchev–Trinajstić information content (AvgIpc) is 2.14. The summed E-state index contributed by atoms with van der Waals surface area (Å²) in [5, 5.41) is 0. The smallest absolute Gasteiger partial charge is 0.213 e. The number of hydrogen-bond acceptors (Lipinski definition) is 3. The van der Waals surface area contributed by atoms with Crippen molar-refractivity contribution in [1.29, 1.82) is 0 Å². The molecule has 4 heteroatoms. The second-order valence-corrected chi connectivity index (χ2v) is 3.04. The maximum absolute atomic E-state index is 10.5. The third-order valence-corrected chi connectivity index (χ3v) is 2.13. The number of carbonyl (C=O) groups is 1. The van der Waals surface area contributed by atoms with E-state index < -0.39 is 10.3 Å². The van der Waals surface area contributed by atoms with Gasteiger partial charge in [-0.25, -0.2) is 0 Å². The Morgan fingerprint density at radius 2 is 1.89 bits per heavy atom. The van der Waals surface area contributed by atoms with E-state index in [1.165, 1.54) is 0 Å². The molecule has 1 aliphatic rings. The third-order valence-electron chi connectivity index (χ3n) is 1.31. The highest BCUT2D eigenvalue weighted by molar-refractivity contribution is 7.73. The standard InChI is InChI=1S/C5H6O3S/c6-4-1-2-5(3-4)9(7)8/h1-3H2. The second-order valence-electron chi connectivity index (χ2n) is 1.99. The van der Waals surface area contributed by atoms with Gasteiger partial charge >= 0.3 is 0 Å². The fraction of sp³-hybridized carbons (Fsp3) is 0.600. The first-order chi connectivity index (χ1) is 4.20. The minimum Gasteiger partial charge on any atom is -0.299 e. The molecule has 0 aromatic heterocycles. The Morgan fingerprint density at radius 1 is 1.22 bits per heavy atom. The zero-order valence-electron chi connectivity index (χ0n) is 4.75. The molecule has 0 aromatic rings. The summed E-state index contributed by atoms with van der Waals surface area (Å²) in [6, 6.07) is 0. The minimum absolute atomic E-state index is 0.0363. The SMILES string of the molecule is O=C1CCC(=S(=O)=O)C1. The van der Waals surface area contributed by atoms with Crippen molar-refractivity contribution in [2.75, 3.05) is 0 Å². The van der Waals surface area contributed by atoms with Crippen LogP contribution in [0.15, 0.2) is 0 Å². The number of rotatable bonds is 0. The first kappa shape index (κ1) is 6.48. The van der Waals surface area contributed by atoms with Crippen LogP contribution in [0.2, 0.25) is 0 Å². The van der Waals surface area contributed by atoms with Gasteiger partial charge in [0.15, 0.2) is 0 Å². The van der Waals surface area contributed by atoms with Gasteiger partial charge in [-0.1, -0.05) is 0 Å². The molecule has 1 fully saturated rings. The van der Waals surface area contributed by atoms with Crippen LogP contribution < -0.4 is 0 Å². The molecule has 1 aliphatic carbocycles. The topological polar surface area (TPSA) is 51.2 Å². The fourth-order valence-corrected chi connectivity index (χ4v) is 1.37. The van der Waals surface area contributed by atoms with Crippen LogP contribution in [-0.2, 0) is 15.1 Å². The molecule has 0 heterocycles. The molecule has 0 bridgehead atoms. The largest absolute Gasteiger partial charge is 0.299 e. The summed E-state index contributed by atoms with van der Waals surface area (Å²) in [4.78, 5) is 10.8.